The Labute approximate surface area is 58.2 Å². The molecule has 4 heavy (non-hydrogen) atoms. The maximum atomic E-state index is 4.17. The van der Waals surface area contributed by atoms with Crippen molar-refractivity contribution in [3.05, 3.63) is 0 Å². The molecule has 0 aliphatic carbocycles. The molecule has 0 saturated carbocycles. The van der Waals surface area contributed by atoms with Crippen LogP contribution in [0.1, 0.15) is 1.43 Å². The summed E-state index contributed by atoms with van der Waals surface area (Å²) in [6, 6.07) is 0. The molecule has 0 atom stereocenters. The van der Waals surface area contributed by atoms with Crippen LogP contribution in [0.2, 0.25) is 0 Å². The van der Waals surface area contributed by atoms with Crippen molar-refractivity contribution in [2.75, 3.05) is 7.11 Å². The smallest absolute Gasteiger partial charge is 1.00 e. The summed E-state index contributed by atoms with van der Waals surface area (Å²) in [5.41, 5.74) is 0. The van der Waals surface area contributed by atoms with Crippen LogP contribution < -0.4 is 29.6 Å². The SMILES string of the molecule is C[O][Al].[H-].[Na+]. The van der Waals surface area contributed by atoms with E-state index in [1.807, 2.05) is 0 Å². The Morgan fingerprint density at radius 1 is 2.00 bits per heavy atom. The topological polar surface area (TPSA) is 9.23 Å². The van der Waals surface area contributed by atoms with E-state index in [4.69, 9.17) is 0 Å². The van der Waals surface area contributed by atoms with Crippen molar-refractivity contribution in [2.45, 2.75) is 0 Å². The largest absolute Gasteiger partial charge is 1.00 e. The average Bonchev–Trinajstić information content (AvgIpc) is 0.918. The van der Waals surface area contributed by atoms with Gasteiger partial charge in [0.05, 0.1) is 0 Å². The summed E-state index contributed by atoms with van der Waals surface area (Å²) in [5.74, 6) is 0. The molecule has 0 fully saturated rings. The van der Waals surface area contributed by atoms with Gasteiger partial charge in [-0.1, -0.05) is 0 Å². The van der Waals surface area contributed by atoms with Gasteiger partial charge >= 0.3 is 46.2 Å². The van der Waals surface area contributed by atoms with Crippen molar-refractivity contribution in [3.8, 4) is 0 Å². The molecule has 0 heterocycles. The third-order valence-corrected chi connectivity index (χ3v) is 0. The van der Waals surface area contributed by atoms with Gasteiger partial charge in [0, 0.05) is 7.11 Å². The van der Waals surface area contributed by atoms with Crippen LogP contribution in [0.4, 0.5) is 0 Å². The van der Waals surface area contributed by atoms with E-state index < -0.39 is 0 Å². The summed E-state index contributed by atoms with van der Waals surface area (Å²) in [7, 11) is 1.59. The van der Waals surface area contributed by atoms with Crippen molar-refractivity contribution in [1.29, 1.82) is 0 Å². The number of hydrogen-bond donors (Lipinski definition) is 0. The van der Waals surface area contributed by atoms with Crippen molar-refractivity contribution < 1.29 is 34.8 Å². The predicted octanol–water partition coefficient (Wildman–Crippen LogP) is -3.17. The molecule has 0 saturated heterocycles. The van der Waals surface area contributed by atoms with E-state index in [1.54, 1.807) is 7.11 Å². The second kappa shape index (κ2) is 8.82. The summed E-state index contributed by atoms with van der Waals surface area (Å²) in [5, 5.41) is 0. The molecule has 1 nitrogen and oxygen atoms in total. The number of rotatable bonds is 0. The molecule has 0 aliphatic rings. The van der Waals surface area contributed by atoms with E-state index in [0.717, 1.165) is 0 Å². The Morgan fingerprint density at radius 3 is 2.00 bits per heavy atom. The maximum Gasteiger partial charge on any atom is 1.00 e. The van der Waals surface area contributed by atoms with Crippen LogP contribution in [0.3, 0.4) is 0 Å². The van der Waals surface area contributed by atoms with Crippen molar-refractivity contribution >= 4 is 16.6 Å². The van der Waals surface area contributed by atoms with Crippen LogP contribution in [0.5, 0.6) is 0 Å². The predicted molar refractivity (Wildman–Crippen MR) is 13.9 cm³/mol. The van der Waals surface area contributed by atoms with E-state index in [-0.39, 0.29) is 31.0 Å². The summed E-state index contributed by atoms with van der Waals surface area (Å²) < 4.78 is 4.17. The molecule has 0 spiro atoms. The minimum absolute atomic E-state index is 0. The molecule has 0 rings (SSSR count). The van der Waals surface area contributed by atoms with Gasteiger partial charge in [0.15, 0.2) is 0 Å². The van der Waals surface area contributed by atoms with Crippen LogP contribution in [0.25, 0.3) is 0 Å². The zero-order chi connectivity index (χ0) is 2.71. The first-order chi connectivity index (χ1) is 1.41. The first kappa shape index (κ1) is 9.09. The Balaban J connectivity index is -0.0000000200. The van der Waals surface area contributed by atoms with E-state index in [0.29, 0.717) is 0 Å². The molecule has 3 heteroatoms. The van der Waals surface area contributed by atoms with Gasteiger partial charge in [-0.25, -0.2) is 0 Å². The second-order valence-corrected chi connectivity index (χ2v) is 0.707. The summed E-state index contributed by atoms with van der Waals surface area (Å²) in [4.78, 5) is 0. The molecule has 2 radical (unpaired) electrons. The van der Waals surface area contributed by atoms with E-state index >= 15 is 0 Å². The Morgan fingerprint density at radius 2 is 2.00 bits per heavy atom. The molecule has 0 bridgehead atoms. The van der Waals surface area contributed by atoms with Crippen LogP contribution in [0, 0.1) is 0 Å². The van der Waals surface area contributed by atoms with Gasteiger partial charge in [0.1, 0.15) is 0 Å². The summed E-state index contributed by atoms with van der Waals surface area (Å²) in [6.45, 7) is 0. The third-order valence-electron chi connectivity index (χ3n) is 0. The summed E-state index contributed by atoms with van der Waals surface area (Å²) >= 11 is 2.08. The Kier molecular flexibility index (Phi) is 20.0. The van der Waals surface area contributed by atoms with Crippen LogP contribution >= 0.6 is 0 Å². The molecule has 0 aromatic carbocycles. The fraction of sp³-hybridized carbons (Fsp3) is 1.00. The molecule has 0 aromatic heterocycles. The zero-order valence-corrected chi connectivity index (χ0v) is 6.14. The van der Waals surface area contributed by atoms with Gasteiger partial charge < -0.3 is 5.22 Å². The minimum Gasteiger partial charge on any atom is -1.00 e. The molecular formula is CH4AlNaO. The molecule has 0 amide bonds. The monoisotopic (exact) mass is 82.0 g/mol. The van der Waals surface area contributed by atoms with Gasteiger partial charge in [-0.2, -0.15) is 0 Å². The standard InChI is InChI=1S/CH3O.Al.Na.H/c1-2;;;/h1H3;;;/q-1;2*+1;-1. The van der Waals surface area contributed by atoms with Crippen LogP contribution in [-0.4, -0.2) is 23.7 Å². The van der Waals surface area contributed by atoms with E-state index in [2.05, 4.69) is 20.4 Å². The zero-order valence-electron chi connectivity index (χ0n) is 3.99. The van der Waals surface area contributed by atoms with Gasteiger partial charge in [-0.3, -0.25) is 0 Å². The third kappa shape index (κ3) is 9.74. The number of hydrogen-bond acceptors (Lipinski definition) is 1. The molecule has 0 unspecified atom stereocenters. The second-order valence-electron chi connectivity index (χ2n) is 0.236. The fourth-order valence-corrected chi connectivity index (χ4v) is 0. The first-order valence-corrected chi connectivity index (χ1v) is 1.12. The van der Waals surface area contributed by atoms with Gasteiger partial charge in [-0.15, -0.1) is 0 Å². The van der Waals surface area contributed by atoms with Gasteiger partial charge in [-0.05, 0) is 0 Å². The first-order valence-electron chi connectivity index (χ1n) is 0.644. The molecule has 0 N–H and O–H groups in total. The van der Waals surface area contributed by atoms with E-state index in [1.165, 1.54) is 0 Å². The Hall–Kier alpha value is 1.49. The average molecular weight is 82.0 g/mol. The molecular weight excluding hydrogens is 78.0 g/mol. The van der Waals surface area contributed by atoms with Crippen LogP contribution in [0.15, 0.2) is 0 Å². The van der Waals surface area contributed by atoms with Crippen LogP contribution in [-0.2, 0) is 3.79 Å². The fourth-order valence-electron chi connectivity index (χ4n) is 0. The minimum atomic E-state index is 0. The Bertz CT molecular complexity index is 11.6. The van der Waals surface area contributed by atoms with Gasteiger partial charge in [0.25, 0.3) is 0 Å². The van der Waals surface area contributed by atoms with E-state index in [9.17, 15) is 0 Å². The maximum absolute atomic E-state index is 4.17. The normalized spacial score (nSPS) is 4.25. The van der Waals surface area contributed by atoms with Crippen molar-refractivity contribution in [3.63, 3.8) is 0 Å². The molecule has 0 aromatic rings. The molecule has 0 aliphatic heterocycles. The quantitative estimate of drug-likeness (QED) is 0.280. The van der Waals surface area contributed by atoms with Crippen molar-refractivity contribution in [2.24, 2.45) is 0 Å². The van der Waals surface area contributed by atoms with Gasteiger partial charge in [0.2, 0.25) is 0 Å². The summed E-state index contributed by atoms with van der Waals surface area (Å²) in [6.07, 6.45) is 0. The molecule has 18 valence electrons. The van der Waals surface area contributed by atoms with Crippen molar-refractivity contribution in [1.82, 2.24) is 0 Å².